The third-order valence-corrected chi connectivity index (χ3v) is 2.63. The Labute approximate surface area is 107 Å². The van der Waals surface area contributed by atoms with E-state index in [0.29, 0.717) is 0 Å². The van der Waals surface area contributed by atoms with E-state index in [2.05, 4.69) is 15.3 Å². The van der Waals surface area contributed by atoms with Crippen LogP contribution in [0.3, 0.4) is 0 Å². The summed E-state index contributed by atoms with van der Waals surface area (Å²) in [5.74, 6) is -0.534. The van der Waals surface area contributed by atoms with Gasteiger partial charge in [0.1, 0.15) is 5.56 Å². The molecular formula is C12H12N4O3. The second kappa shape index (κ2) is 5.30. The Balaban J connectivity index is 2.15. The van der Waals surface area contributed by atoms with Crippen LogP contribution in [0.5, 0.6) is 0 Å². The zero-order valence-corrected chi connectivity index (χ0v) is 10.2. The Morgan fingerprint density at radius 3 is 2.74 bits per heavy atom. The monoisotopic (exact) mass is 260 g/mol. The Morgan fingerprint density at radius 2 is 2.05 bits per heavy atom. The number of aromatic amines is 1. The second-order valence-corrected chi connectivity index (χ2v) is 3.91. The molecule has 0 aliphatic carbocycles. The Morgan fingerprint density at radius 1 is 1.37 bits per heavy atom. The van der Waals surface area contributed by atoms with Gasteiger partial charge in [-0.25, -0.2) is 4.79 Å². The van der Waals surface area contributed by atoms with E-state index in [9.17, 15) is 14.4 Å². The van der Waals surface area contributed by atoms with Gasteiger partial charge in [0, 0.05) is 32.2 Å². The van der Waals surface area contributed by atoms with Gasteiger partial charge in [-0.05, 0) is 17.7 Å². The lowest BCUT2D eigenvalue weighted by Crippen LogP contribution is -2.38. The van der Waals surface area contributed by atoms with Crippen LogP contribution in [0.25, 0.3) is 0 Å². The minimum atomic E-state index is -0.629. The van der Waals surface area contributed by atoms with E-state index < -0.39 is 17.2 Å². The van der Waals surface area contributed by atoms with Crippen molar-refractivity contribution in [2.75, 3.05) is 0 Å². The van der Waals surface area contributed by atoms with Gasteiger partial charge in [-0.2, -0.15) is 0 Å². The van der Waals surface area contributed by atoms with Crippen molar-refractivity contribution < 1.29 is 4.79 Å². The molecule has 2 aromatic heterocycles. The van der Waals surface area contributed by atoms with E-state index in [0.717, 1.165) is 16.3 Å². The fraction of sp³-hybridized carbons (Fsp3) is 0.167. The van der Waals surface area contributed by atoms with Crippen molar-refractivity contribution in [2.45, 2.75) is 6.54 Å². The normalized spacial score (nSPS) is 10.2. The number of hydrogen-bond donors (Lipinski definition) is 2. The van der Waals surface area contributed by atoms with Crippen LogP contribution >= 0.6 is 0 Å². The van der Waals surface area contributed by atoms with E-state index in [1.54, 1.807) is 24.5 Å². The van der Waals surface area contributed by atoms with E-state index in [1.807, 2.05) is 0 Å². The Hall–Kier alpha value is -2.70. The highest BCUT2D eigenvalue weighted by Gasteiger charge is 2.12. The van der Waals surface area contributed by atoms with Gasteiger partial charge in [0.2, 0.25) is 0 Å². The number of carbonyl (C=O) groups excluding carboxylic acids is 1. The maximum Gasteiger partial charge on any atom is 0.328 e. The number of H-pyrrole nitrogens is 1. The molecule has 0 spiro atoms. The van der Waals surface area contributed by atoms with Gasteiger partial charge in [-0.15, -0.1) is 0 Å². The highest BCUT2D eigenvalue weighted by atomic mass is 16.2. The van der Waals surface area contributed by atoms with Crippen LogP contribution in [-0.4, -0.2) is 20.4 Å². The smallest absolute Gasteiger partial charge is 0.328 e. The molecule has 0 unspecified atom stereocenters. The molecule has 0 aliphatic heterocycles. The summed E-state index contributed by atoms with van der Waals surface area (Å²) in [6.07, 6.45) is 4.34. The lowest BCUT2D eigenvalue weighted by molar-refractivity contribution is 0.0948. The lowest BCUT2D eigenvalue weighted by atomic mass is 10.2. The van der Waals surface area contributed by atoms with Crippen molar-refractivity contribution >= 4 is 5.91 Å². The van der Waals surface area contributed by atoms with Crippen LogP contribution in [-0.2, 0) is 13.6 Å². The fourth-order valence-corrected chi connectivity index (χ4v) is 1.51. The summed E-state index contributed by atoms with van der Waals surface area (Å²) in [5, 5.41) is 2.60. The fourth-order valence-electron chi connectivity index (χ4n) is 1.51. The Bertz CT molecular complexity index is 703. The number of amides is 1. The Kier molecular flexibility index (Phi) is 3.56. The molecule has 0 atom stereocenters. The summed E-state index contributed by atoms with van der Waals surface area (Å²) >= 11 is 0. The first-order chi connectivity index (χ1) is 9.09. The molecule has 19 heavy (non-hydrogen) atoms. The maximum absolute atomic E-state index is 11.8. The molecule has 0 aliphatic rings. The minimum absolute atomic E-state index is 0.101. The topological polar surface area (TPSA) is 96.8 Å². The van der Waals surface area contributed by atoms with Crippen LogP contribution in [0.4, 0.5) is 0 Å². The zero-order chi connectivity index (χ0) is 13.8. The zero-order valence-electron chi connectivity index (χ0n) is 10.2. The van der Waals surface area contributed by atoms with Crippen LogP contribution < -0.4 is 16.6 Å². The van der Waals surface area contributed by atoms with Gasteiger partial charge < -0.3 is 10.3 Å². The third kappa shape index (κ3) is 2.76. The molecule has 0 bridgehead atoms. The standard InChI is InChI=1S/C12H12N4O3/c1-16-11(18)9(7-15-12(16)19)10(17)14-6-8-2-4-13-5-3-8/h2-5,7H,6H2,1H3,(H,14,17)(H,15,19). The molecular weight excluding hydrogens is 248 g/mol. The van der Waals surface area contributed by atoms with E-state index in [1.165, 1.54) is 7.05 Å². The van der Waals surface area contributed by atoms with Gasteiger partial charge in [0.25, 0.3) is 11.5 Å². The molecule has 0 fully saturated rings. The second-order valence-electron chi connectivity index (χ2n) is 3.91. The first-order valence-corrected chi connectivity index (χ1v) is 5.55. The van der Waals surface area contributed by atoms with Gasteiger partial charge in [0.05, 0.1) is 0 Å². The number of pyridine rings is 1. The van der Waals surface area contributed by atoms with Gasteiger partial charge in [0.15, 0.2) is 0 Å². The van der Waals surface area contributed by atoms with Crippen LogP contribution in [0.15, 0.2) is 40.3 Å². The number of aromatic nitrogens is 3. The van der Waals surface area contributed by atoms with Crippen molar-refractivity contribution in [3.8, 4) is 0 Å². The summed E-state index contributed by atoms with van der Waals surface area (Å²) in [7, 11) is 1.31. The first-order valence-electron chi connectivity index (χ1n) is 5.55. The average Bonchev–Trinajstić information content (AvgIpc) is 2.43. The van der Waals surface area contributed by atoms with E-state index in [4.69, 9.17) is 0 Å². The van der Waals surface area contributed by atoms with Crippen LogP contribution in [0.1, 0.15) is 15.9 Å². The molecule has 2 heterocycles. The molecule has 7 heteroatoms. The SMILES string of the molecule is Cn1c(=O)[nH]cc(C(=O)NCc2ccncc2)c1=O. The van der Waals surface area contributed by atoms with Gasteiger partial charge in [-0.3, -0.25) is 19.1 Å². The molecule has 0 saturated heterocycles. The molecule has 98 valence electrons. The summed E-state index contributed by atoms with van der Waals surface area (Å²) in [6.45, 7) is 0.281. The van der Waals surface area contributed by atoms with Crippen molar-refractivity contribution in [1.82, 2.24) is 19.9 Å². The van der Waals surface area contributed by atoms with E-state index >= 15 is 0 Å². The average molecular weight is 260 g/mol. The van der Waals surface area contributed by atoms with Crippen LogP contribution in [0, 0.1) is 0 Å². The summed E-state index contributed by atoms with van der Waals surface area (Å²) in [4.78, 5) is 40.9. The molecule has 0 radical (unpaired) electrons. The van der Waals surface area contributed by atoms with Crippen molar-refractivity contribution in [3.05, 3.63) is 62.7 Å². The molecule has 2 N–H and O–H groups in total. The quantitative estimate of drug-likeness (QED) is 0.770. The van der Waals surface area contributed by atoms with Crippen molar-refractivity contribution in [2.24, 2.45) is 7.05 Å². The molecule has 2 aromatic rings. The molecule has 2 rings (SSSR count). The van der Waals surface area contributed by atoms with Gasteiger partial charge >= 0.3 is 5.69 Å². The van der Waals surface area contributed by atoms with Crippen LogP contribution in [0.2, 0.25) is 0 Å². The van der Waals surface area contributed by atoms with Crippen molar-refractivity contribution in [3.63, 3.8) is 0 Å². The predicted octanol–water partition coefficient (Wildman–Crippen LogP) is -0.601. The highest BCUT2D eigenvalue weighted by Crippen LogP contribution is 1.96. The molecule has 0 saturated carbocycles. The molecule has 1 amide bonds. The third-order valence-electron chi connectivity index (χ3n) is 2.63. The van der Waals surface area contributed by atoms with Crippen molar-refractivity contribution in [1.29, 1.82) is 0 Å². The number of rotatable bonds is 3. The van der Waals surface area contributed by atoms with E-state index in [-0.39, 0.29) is 12.1 Å². The summed E-state index contributed by atoms with van der Waals surface area (Å²) in [5.41, 5.74) is -0.424. The first kappa shape index (κ1) is 12.7. The number of carbonyl (C=O) groups is 1. The largest absolute Gasteiger partial charge is 0.348 e. The van der Waals surface area contributed by atoms with Gasteiger partial charge in [-0.1, -0.05) is 0 Å². The highest BCUT2D eigenvalue weighted by molar-refractivity contribution is 5.93. The maximum atomic E-state index is 11.8. The number of nitrogens with one attached hydrogen (secondary N) is 2. The minimum Gasteiger partial charge on any atom is -0.348 e. The lowest BCUT2D eigenvalue weighted by Gasteiger charge is -2.05. The summed E-state index contributed by atoms with van der Waals surface area (Å²) in [6, 6.07) is 3.51. The predicted molar refractivity (Wildman–Crippen MR) is 67.7 cm³/mol. The molecule has 7 nitrogen and oxygen atoms in total. The molecule has 0 aromatic carbocycles. The number of hydrogen-bond acceptors (Lipinski definition) is 4. The number of nitrogens with zero attached hydrogens (tertiary/aromatic N) is 2. The summed E-state index contributed by atoms with van der Waals surface area (Å²) < 4.78 is 0.849.